The predicted octanol–water partition coefficient (Wildman–Crippen LogP) is 2.08. The summed E-state index contributed by atoms with van der Waals surface area (Å²) < 4.78 is 0. The molecule has 1 unspecified atom stereocenters. The summed E-state index contributed by atoms with van der Waals surface area (Å²) in [6, 6.07) is 5.73. The van der Waals surface area contributed by atoms with Crippen LogP contribution in [0.25, 0.3) is 0 Å². The molecule has 0 amide bonds. The Morgan fingerprint density at radius 2 is 2.29 bits per heavy atom. The molecule has 2 N–H and O–H groups in total. The quantitative estimate of drug-likeness (QED) is 0.738. The summed E-state index contributed by atoms with van der Waals surface area (Å²) in [7, 11) is 0. The van der Waals surface area contributed by atoms with E-state index in [9.17, 15) is 0 Å². The van der Waals surface area contributed by atoms with E-state index in [1.54, 1.807) is 6.07 Å². The standard InChI is InChI=1S/C13H19N3O/c1-10(9-17)4-3-7-15-13-12(8-14)6-5-11(2)16-13/h5-6,10,17H,3-4,7,9H2,1-2H3,(H,15,16). The molecule has 92 valence electrons. The van der Waals surface area contributed by atoms with Crippen LogP contribution >= 0.6 is 0 Å². The highest BCUT2D eigenvalue weighted by Gasteiger charge is 2.04. The summed E-state index contributed by atoms with van der Waals surface area (Å²) in [5.41, 5.74) is 1.47. The average Bonchev–Trinajstić information content (AvgIpc) is 2.34. The number of nitrogens with one attached hydrogen (secondary N) is 1. The van der Waals surface area contributed by atoms with E-state index in [1.165, 1.54) is 0 Å². The van der Waals surface area contributed by atoms with E-state index in [1.807, 2.05) is 19.9 Å². The molecular formula is C13H19N3O. The van der Waals surface area contributed by atoms with Gasteiger partial charge in [0.25, 0.3) is 0 Å². The molecule has 1 aromatic heterocycles. The van der Waals surface area contributed by atoms with Crippen LogP contribution in [-0.2, 0) is 0 Å². The molecule has 0 radical (unpaired) electrons. The van der Waals surface area contributed by atoms with E-state index in [0.717, 1.165) is 25.1 Å². The van der Waals surface area contributed by atoms with Gasteiger partial charge in [0.2, 0.25) is 0 Å². The molecule has 0 aliphatic heterocycles. The van der Waals surface area contributed by atoms with Gasteiger partial charge in [-0.05, 0) is 37.8 Å². The van der Waals surface area contributed by atoms with E-state index < -0.39 is 0 Å². The van der Waals surface area contributed by atoms with E-state index in [-0.39, 0.29) is 6.61 Å². The van der Waals surface area contributed by atoms with Crippen LogP contribution in [0, 0.1) is 24.2 Å². The molecule has 1 atom stereocenters. The number of hydrogen-bond donors (Lipinski definition) is 2. The maximum Gasteiger partial charge on any atom is 0.144 e. The van der Waals surface area contributed by atoms with Crippen LogP contribution in [0.1, 0.15) is 31.0 Å². The molecule has 1 aromatic rings. The Hall–Kier alpha value is -1.60. The number of aliphatic hydroxyl groups excluding tert-OH is 1. The SMILES string of the molecule is Cc1ccc(C#N)c(NCCCC(C)CO)n1. The van der Waals surface area contributed by atoms with Gasteiger partial charge in [0.15, 0.2) is 0 Å². The van der Waals surface area contributed by atoms with Crippen molar-refractivity contribution in [1.82, 2.24) is 4.98 Å². The van der Waals surface area contributed by atoms with Gasteiger partial charge in [-0.2, -0.15) is 5.26 Å². The highest BCUT2D eigenvalue weighted by Crippen LogP contribution is 2.12. The number of nitrogens with zero attached hydrogens (tertiary/aromatic N) is 2. The minimum absolute atomic E-state index is 0.228. The fraction of sp³-hybridized carbons (Fsp3) is 0.538. The lowest BCUT2D eigenvalue weighted by Gasteiger charge is -2.10. The van der Waals surface area contributed by atoms with Gasteiger partial charge in [0, 0.05) is 18.8 Å². The van der Waals surface area contributed by atoms with Crippen molar-refractivity contribution in [2.45, 2.75) is 26.7 Å². The van der Waals surface area contributed by atoms with Gasteiger partial charge < -0.3 is 10.4 Å². The first-order valence-corrected chi connectivity index (χ1v) is 5.90. The van der Waals surface area contributed by atoms with Crippen LogP contribution in [0.3, 0.4) is 0 Å². The highest BCUT2D eigenvalue weighted by atomic mass is 16.3. The molecule has 0 aliphatic rings. The van der Waals surface area contributed by atoms with E-state index in [0.29, 0.717) is 17.3 Å². The second kappa shape index (κ2) is 6.87. The third-order valence-electron chi connectivity index (χ3n) is 2.63. The monoisotopic (exact) mass is 233 g/mol. The average molecular weight is 233 g/mol. The van der Waals surface area contributed by atoms with Gasteiger partial charge in [-0.25, -0.2) is 4.98 Å². The maximum absolute atomic E-state index is 8.93. The Labute approximate surface area is 102 Å². The second-order valence-electron chi connectivity index (χ2n) is 4.32. The Balaban J connectivity index is 2.46. The molecule has 0 saturated heterocycles. The van der Waals surface area contributed by atoms with E-state index in [4.69, 9.17) is 10.4 Å². The molecule has 0 aromatic carbocycles. The highest BCUT2D eigenvalue weighted by molar-refractivity contribution is 5.52. The number of rotatable bonds is 6. The van der Waals surface area contributed by atoms with Crippen molar-refractivity contribution >= 4 is 5.82 Å². The van der Waals surface area contributed by atoms with E-state index in [2.05, 4.69) is 16.4 Å². The van der Waals surface area contributed by atoms with Crippen molar-refractivity contribution in [3.05, 3.63) is 23.4 Å². The molecule has 17 heavy (non-hydrogen) atoms. The molecule has 0 bridgehead atoms. The zero-order valence-corrected chi connectivity index (χ0v) is 10.4. The first-order valence-electron chi connectivity index (χ1n) is 5.90. The van der Waals surface area contributed by atoms with Gasteiger partial charge in [-0.3, -0.25) is 0 Å². The van der Waals surface area contributed by atoms with Gasteiger partial charge in [-0.15, -0.1) is 0 Å². The van der Waals surface area contributed by atoms with E-state index >= 15 is 0 Å². The lowest BCUT2D eigenvalue weighted by molar-refractivity contribution is 0.229. The Kier molecular flexibility index (Phi) is 5.44. The molecule has 0 fully saturated rings. The third-order valence-corrected chi connectivity index (χ3v) is 2.63. The number of pyridine rings is 1. The van der Waals surface area contributed by atoms with Crippen molar-refractivity contribution < 1.29 is 5.11 Å². The predicted molar refractivity (Wildman–Crippen MR) is 67.7 cm³/mol. The van der Waals surface area contributed by atoms with Gasteiger partial charge in [-0.1, -0.05) is 6.92 Å². The summed E-state index contributed by atoms with van der Waals surface area (Å²) in [5, 5.41) is 21.0. The molecule has 4 nitrogen and oxygen atoms in total. The van der Waals surface area contributed by atoms with Crippen molar-refractivity contribution in [2.75, 3.05) is 18.5 Å². The number of nitriles is 1. The Bertz CT molecular complexity index is 398. The van der Waals surface area contributed by atoms with Crippen molar-refractivity contribution in [1.29, 1.82) is 5.26 Å². The smallest absolute Gasteiger partial charge is 0.144 e. The minimum Gasteiger partial charge on any atom is -0.396 e. The number of hydrogen-bond acceptors (Lipinski definition) is 4. The Morgan fingerprint density at radius 3 is 2.94 bits per heavy atom. The molecule has 0 saturated carbocycles. The second-order valence-corrected chi connectivity index (χ2v) is 4.32. The van der Waals surface area contributed by atoms with Crippen LogP contribution in [0.5, 0.6) is 0 Å². The van der Waals surface area contributed by atoms with Crippen molar-refractivity contribution in [3.8, 4) is 6.07 Å². The first-order chi connectivity index (χ1) is 8.17. The van der Waals surface area contributed by atoms with Gasteiger partial charge in [0.05, 0.1) is 5.56 Å². The topological polar surface area (TPSA) is 68.9 Å². The lowest BCUT2D eigenvalue weighted by atomic mass is 10.1. The normalized spacial score (nSPS) is 11.9. The largest absolute Gasteiger partial charge is 0.396 e. The fourth-order valence-corrected chi connectivity index (χ4v) is 1.53. The van der Waals surface area contributed by atoms with Crippen molar-refractivity contribution in [2.24, 2.45) is 5.92 Å². The summed E-state index contributed by atoms with van der Waals surface area (Å²) in [6.45, 7) is 4.92. The van der Waals surface area contributed by atoms with Crippen LogP contribution in [0.15, 0.2) is 12.1 Å². The summed E-state index contributed by atoms with van der Waals surface area (Å²) in [6.07, 6.45) is 1.93. The summed E-state index contributed by atoms with van der Waals surface area (Å²) >= 11 is 0. The maximum atomic E-state index is 8.93. The number of aromatic nitrogens is 1. The zero-order chi connectivity index (χ0) is 12.7. The van der Waals surface area contributed by atoms with Crippen molar-refractivity contribution in [3.63, 3.8) is 0 Å². The minimum atomic E-state index is 0.228. The van der Waals surface area contributed by atoms with Crippen LogP contribution in [0.2, 0.25) is 0 Å². The first kappa shape index (κ1) is 13.5. The van der Waals surface area contributed by atoms with Gasteiger partial charge in [0.1, 0.15) is 11.9 Å². The number of aryl methyl sites for hydroxylation is 1. The molecular weight excluding hydrogens is 214 g/mol. The molecule has 0 aliphatic carbocycles. The van der Waals surface area contributed by atoms with Crippen LogP contribution in [-0.4, -0.2) is 23.2 Å². The number of anilines is 1. The van der Waals surface area contributed by atoms with Gasteiger partial charge >= 0.3 is 0 Å². The third kappa shape index (κ3) is 4.41. The molecule has 4 heteroatoms. The summed E-state index contributed by atoms with van der Waals surface area (Å²) in [5.74, 6) is 0.988. The molecule has 1 heterocycles. The van der Waals surface area contributed by atoms with Crippen LogP contribution < -0.4 is 5.32 Å². The summed E-state index contributed by atoms with van der Waals surface area (Å²) in [4.78, 5) is 4.30. The Morgan fingerprint density at radius 1 is 1.53 bits per heavy atom. The molecule has 0 spiro atoms. The number of aliphatic hydroxyl groups is 1. The van der Waals surface area contributed by atoms with Crippen LogP contribution in [0.4, 0.5) is 5.82 Å². The lowest BCUT2D eigenvalue weighted by Crippen LogP contribution is -2.08. The zero-order valence-electron chi connectivity index (χ0n) is 10.4. The molecule has 1 rings (SSSR count). The fourth-order valence-electron chi connectivity index (χ4n) is 1.53.